The lowest BCUT2D eigenvalue weighted by Crippen LogP contribution is -2.36. The fourth-order valence-corrected chi connectivity index (χ4v) is 4.19. The summed E-state index contributed by atoms with van der Waals surface area (Å²) < 4.78 is 17.5. The van der Waals surface area contributed by atoms with E-state index in [-0.39, 0.29) is 5.91 Å². The third kappa shape index (κ3) is 6.56. The first-order chi connectivity index (χ1) is 18.5. The summed E-state index contributed by atoms with van der Waals surface area (Å²) in [7, 11) is 0. The maximum absolute atomic E-state index is 12.5. The molecule has 0 unspecified atom stereocenters. The first kappa shape index (κ1) is 27.3. The molecule has 1 aliphatic heterocycles. The van der Waals surface area contributed by atoms with Gasteiger partial charge in [0.1, 0.15) is 16.5 Å². The van der Waals surface area contributed by atoms with E-state index >= 15 is 0 Å². The molecule has 0 spiro atoms. The summed E-state index contributed by atoms with van der Waals surface area (Å²) in [5.41, 5.74) is 2.67. The molecule has 1 aromatic heterocycles. The van der Waals surface area contributed by atoms with Crippen LogP contribution in [0.5, 0.6) is 11.5 Å². The van der Waals surface area contributed by atoms with Gasteiger partial charge in [0.2, 0.25) is 5.95 Å². The van der Waals surface area contributed by atoms with E-state index in [4.69, 9.17) is 25.8 Å². The van der Waals surface area contributed by atoms with Crippen LogP contribution in [0.2, 0.25) is 5.02 Å². The van der Waals surface area contributed by atoms with Crippen LogP contribution < -0.4 is 30.3 Å². The standard InChI is InChI=1S/C27H33ClN6O4/c1-4-29-26(35)18-9-7-8-10-20(18)31-25-19(28)17-30-27(33-25)32-21-15-24(38-6-3)22(16-23(21)37-5-2)34-11-13-36-14-12-34/h7-10,15-17H,4-6,11-14H2,1-3H3,(H,29,35)(H2,30,31,32,33). The molecule has 0 aliphatic carbocycles. The Labute approximate surface area is 227 Å². The third-order valence-electron chi connectivity index (χ3n) is 5.77. The molecule has 2 heterocycles. The van der Waals surface area contributed by atoms with Crippen LogP contribution in [0.25, 0.3) is 0 Å². The Morgan fingerprint density at radius 2 is 1.76 bits per heavy atom. The Morgan fingerprint density at radius 1 is 1.03 bits per heavy atom. The zero-order chi connectivity index (χ0) is 26.9. The number of carbonyl (C=O) groups is 1. The second-order valence-electron chi connectivity index (χ2n) is 8.33. The molecule has 1 aliphatic rings. The fraction of sp³-hybridized carbons (Fsp3) is 0.370. The Bertz CT molecular complexity index is 1250. The van der Waals surface area contributed by atoms with Crippen LogP contribution in [-0.4, -0.2) is 61.9 Å². The van der Waals surface area contributed by atoms with Crippen molar-refractivity contribution >= 4 is 46.3 Å². The molecule has 1 saturated heterocycles. The molecule has 0 bridgehead atoms. The fourth-order valence-electron chi connectivity index (χ4n) is 4.05. The number of halogens is 1. The normalized spacial score (nSPS) is 13.1. The summed E-state index contributed by atoms with van der Waals surface area (Å²) in [6, 6.07) is 11.0. The average Bonchev–Trinajstić information content (AvgIpc) is 2.93. The average molecular weight is 541 g/mol. The van der Waals surface area contributed by atoms with E-state index in [2.05, 4.69) is 30.8 Å². The molecule has 0 atom stereocenters. The van der Waals surface area contributed by atoms with Crippen molar-refractivity contribution in [2.24, 2.45) is 0 Å². The van der Waals surface area contributed by atoms with E-state index in [9.17, 15) is 4.79 Å². The Balaban J connectivity index is 1.65. The molecule has 1 fully saturated rings. The molecule has 4 rings (SSSR count). The van der Waals surface area contributed by atoms with Crippen molar-refractivity contribution in [3.63, 3.8) is 0 Å². The van der Waals surface area contributed by atoms with Crippen LogP contribution in [0.3, 0.4) is 0 Å². The highest BCUT2D eigenvalue weighted by Crippen LogP contribution is 2.40. The van der Waals surface area contributed by atoms with Crippen molar-refractivity contribution in [2.45, 2.75) is 20.8 Å². The molecule has 3 aromatic rings. The van der Waals surface area contributed by atoms with E-state index in [1.54, 1.807) is 18.2 Å². The van der Waals surface area contributed by atoms with Gasteiger partial charge in [-0.15, -0.1) is 0 Å². The van der Waals surface area contributed by atoms with Gasteiger partial charge in [-0.2, -0.15) is 4.98 Å². The predicted octanol–water partition coefficient (Wildman–Crippen LogP) is 5.00. The van der Waals surface area contributed by atoms with Crippen LogP contribution >= 0.6 is 11.6 Å². The van der Waals surface area contributed by atoms with Gasteiger partial charge in [0, 0.05) is 31.8 Å². The quantitative estimate of drug-likeness (QED) is 0.309. The van der Waals surface area contributed by atoms with Crippen molar-refractivity contribution in [3.8, 4) is 11.5 Å². The summed E-state index contributed by atoms with van der Waals surface area (Å²) in [5, 5.41) is 9.55. The zero-order valence-electron chi connectivity index (χ0n) is 21.8. The van der Waals surface area contributed by atoms with Gasteiger partial charge in [0.05, 0.1) is 55.2 Å². The number of nitrogens with one attached hydrogen (secondary N) is 3. The number of anilines is 5. The highest BCUT2D eigenvalue weighted by atomic mass is 35.5. The molecule has 0 radical (unpaired) electrons. The van der Waals surface area contributed by atoms with E-state index in [1.807, 2.05) is 39.0 Å². The largest absolute Gasteiger partial charge is 0.492 e. The summed E-state index contributed by atoms with van der Waals surface area (Å²) in [4.78, 5) is 23.7. The monoisotopic (exact) mass is 540 g/mol. The van der Waals surface area contributed by atoms with E-state index in [0.29, 0.717) is 72.4 Å². The number of morpholine rings is 1. The second kappa shape index (κ2) is 13.2. The van der Waals surface area contributed by atoms with Crippen molar-refractivity contribution < 1.29 is 19.0 Å². The molecule has 38 heavy (non-hydrogen) atoms. The SMILES string of the molecule is CCNC(=O)c1ccccc1Nc1nc(Nc2cc(OCC)c(N3CCOCC3)cc2OCC)ncc1Cl. The Morgan fingerprint density at radius 3 is 2.50 bits per heavy atom. The summed E-state index contributed by atoms with van der Waals surface area (Å²) in [5.74, 6) is 1.84. The maximum Gasteiger partial charge on any atom is 0.253 e. The number of carbonyl (C=O) groups excluding carboxylic acids is 1. The van der Waals surface area contributed by atoms with Gasteiger partial charge >= 0.3 is 0 Å². The highest BCUT2D eigenvalue weighted by molar-refractivity contribution is 6.33. The van der Waals surface area contributed by atoms with Crippen LogP contribution in [0.15, 0.2) is 42.6 Å². The number of rotatable bonds is 11. The molecule has 3 N–H and O–H groups in total. The first-order valence-electron chi connectivity index (χ1n) is 12.7. The van der Waals surface area contributed by atoms with Gasteiger partial charge in [-0.1, -0.05) is 23.7 Å². The lowest BCUT2D eigenvalue weighted by atomic mass is 10.1. The maximum atomic E-state index is 12.5. The minimum atomic E-state index is -0.190. The summed E-state index contributed by atoms with van der Waals surface area (Å²) in [6.07, 6.45) is 1.50. The number of aromatic nitrogens is 2. The van der Waals surface area contributed by atoms with Gasteiger partial charge in [-0.3, -0.25) is 4.79 Å². The van der Waals surface area contributed by atoms with Crippen LogP contribution in [0.1, 0.15) is 31.1 Å². The first-order valence-corrected chi connectivity index (χ1v) is 13.1. The Kier molecular flexibility index (Phi) is 9.45. The number of ether oxygens (including phenoxy) is 3. The summed E-state index contributed by atoms with van der Waals surface area (Å²) in [6.45, 7) is 10.1. The van der Waals surface area contributed by atoms with E-state index < -0.39 is 0 Å². The molecule has 11 heteroatoms. The van der Waals surface area contributed by atoms with E-state index in [0.717, 1.165) is 24.5 Å². The molecular formula is C27H33ClN6O4. The number of benzene rings is 2. The van der Waals surface area contributed by atoms with Crippen molar-refractivity contribution in [3.05, 3.63) is 53.2 Å². The molecule has 10 nitrogen and oxygen atoms in total. The molecule has 0 saturated carbocycles. The number of nitrogens with zero attached hydrogens (tertiary/aromatic N) is 3. The lowest BCUT2D eigenvalue weighted by molar-refractivity contribution is 0.0956. The number of amides is 1. The van der Waals surface area contributed by atoms with Crippen LogP contribution in [-0.2, 0) is 4.74 Å². The molecule has 1 amide bonds. The minimum absolute atomic E-state index is 0.190. The zero-order valence-corrected chi connectivity index (χ0v) is 22.6. The minimum Gasteiger partial charge on any atom is -0.492 e. The smallest absolute Gasteiger partial charge is 0.253 e. The van der Waals surface area contributed by atoms with Crippen molar-refractivity contribution in [1.29, 1.82) is 0 Å². The van der Waals surface area contributed by atoms with Gasteiger partial charge in [0.15, 0.2) is 5.82 Å². The van der Waals surface area contributed by atoms with Gasteiger partial charge in [-0.25, -0.2) is 4.98 Å². The molecular weight excluding hydrogens is 508 g/mol. The van der Waals surface area contributed by atoms with Crippen molar-refractivity contribution in [2.75, 3.05) is 61.6 Å². The van der Waals surface area contributed by atoms with E-state index in [1.165, 1.54) is 6.20 Å². The van der Waals surface area contributed by atoms with Gasteiger partial charge in [0.25, 0.3) is 5.91 Å². The van der Waals surface area contributed by atoms with Crippen LogP contribution in [0, 0.1) is 0 Å². The van der Waals surface area contributed by atoms with Crippen LogP contribution in [0.4, 0.5) is 28.8 Å². The Hall–Kier alpha value is -3.76. The predicted molar refractivity (Wildman–Crippen MR) is 150 cm³/mol. The molecule has 2 aromatic carbocycles. The highest BCUT2D eigenvalue weighted by Gasteiger charge is 2.20. The molecule has 202 valence electrons. The number of hydrogen-bond acceptors (Lipinski definition) is 9. The number of para-hydroxylation sites is 1. The summed E-state index contributed by atoms with van der Waals surface area (Å²) >= 11 is 6.42. The lowest BCUT2D eigenvalue weighted by Gasteiger charge is -2.31. The third-order valence-corrected chi connectivity index (χ3v) is 6.04. The number of hydrogen-bond donors (Lipinski definition) is 3. The van der Waals surface area contributed by atoms with Crippen molar-refractivity contribution in [1.82, 2.24) is 15.3 Å². The van der Waals surface area contributed by atoms with Gasteiger partial charge in [-0.05, 0) is 32.9 Å². The topological polar surface area (TPSA) is 110 Å². The van der Waals surface area contributed by atoms with Gasteiger partial charge < -0.3 is 35.1 Å². The second-order valence-corrected chi connectivity index (χ2v) is 8.73.